The third-order valence-corrected chi connectivity index (χ3v) is 5.02. The largest absolute Gasteiger partial charge is 0.349 e. The van der Waals surface area contributed by atoms with Crippen LogP contribution >= 0.6 is 0 Å². The number of aryl methyl sites for hydroxylation is 1. The lowest BCUT2D eigenvalue weighted by molar-refractivity contribution is 0.0927. The van der Waals surface area contributed by atoms with Gasteiger partial charge in [0.05, 0.1) is 17.3 Å². The van der Waals surface area contributed by atoms with E-state index in [9.17, 15) is 4.79 Å². The highest BCUT2D eigenvalue weighted by Gasteiger charge is 2.17. The van der Waals surface area contributed by atoms with Crippen molar-refractivity contribution >= 4 is 16.8 Å². The number of benzene rings is 1. The van der Waals surface area contributed by atoms with Crippen molar-refractivity contribution < 1.29 is 4.79 Å². The van der Waals surface area contributed by atoms with Crippen molar-refractivity contribution in [1.82, 2.24) is 20.1 Å². The lowest BCUT2D eigenvalue weighted by Crippen LogP contribution is -2.36. The minimum absolute atomic E-state index is 0.0251. The smallest absolute Gasteiger partial charge is 0.253 e. The molecule has 0 unspecified atom stereocenters. The molecule has 5 heteroatoms. The number of carbonyl (C=O) groups excluding carboxylic acids is 1. The van der Waals surface area contributed by atoms with Crippen LogP contribution in [-0.4, -0.2) is 26.7 Å². The van der Waals surface area contributed by atoms with Crippen LogP contribution in [0.3, 0.4) is 0 Å². The van der Waals surface area contributed by atoms with Gasteiger partial charge in [0.25, 0.3) is 5.91 Å². The Hall–Kier alpha value is -2.69. The van der Waals surface area contributed by atoms with Crippen molar-refractivity contribution in [1.29, 1.82) is 0 Å². The zero-order chi connectivity index (χ0) is 17.2. The van der Waals surface area contributed by atoms with Crippen molar-refractivity contribution in [3.63, 3.8) is 0 Å². The topological polar surface area (TPSA) is 59.8 Å². The minimum Gasteiger partial charge on any atom is -0.349 e. The number of fused-ring (bicyclic) bond motifs is 1. The van der Waals surface area contributed by atoms with Crippen LogP contribution in [0.2, 0.25) is 0 Å². The van der Waals surface area contributed by atoms with Gasteiger partial charge in [-0.3, -0.25) is 14.5 Å². The molecule has 1 aliphatic carbocycles. The molecule has 1 N–H and O–H groups in total. The fraction of sp³-hybridized carbons (Fsp3) is 0.350. The molecular formula is C20H22N4O. The summed E-state index contributed by atoms with van der Waals surface area (Å²) in [4.78, 5) is 16.8. The summed E-state index contributed by atoms with van der Waals surface area (Å²) in [6, 6.07) is 8.40. The lowest BCUT2D eigenvalue weighted by atomic mass is 9.95. The Balaban J connectivity index is 1.59. The standard InChI is InChI=1S/C20H22N4O/c1-24-19-10-14(7-8-15(19)13-22-24)16-9-17(12-21-11-16)20(25)23-18-5-3-2-4-6-18/h7-13,18H,2-6H2,1H3,(H,23,25). The molecule has 1 fully saturated rings. The number of aromatic nitrogens is 3. The third kappa shape index (κ3) is 3.27. The third-order valence-electron chi connectivity index (χ3n) is 5.02. The first-order valence-electron chi connectivity index (χ1n) is 8.89. The van der Waals surface area contributed by atoms with Gasteiger partial charge < -0.3 is 5.32 Å². The van der Waals surface area contributed by atoms with Crippen LogP contribution in [-0.2, 0) is 7.05 Å². The van der Waals surface area contributed by atoms with Gasteiger partial charge in [-0.05, 0) is 30.5 Å². The highest BCUT2D eigenvalue weighted by molar-refractivity contribution is 5.95. The fourth-order valence-corrected chi connectivity index (χ4v) is 3.56. The van der Waals surface area contributed by atoms with Crippen molar-refractivity contribution in [2.24, 2.45) is 7.05 Å². The zero-order valence-electron chi connectivity index (χ0n) is 14.4. The number of hydrogen-bond acceptors (Lipinski definition) is 3. The van der Waals surface area contributed by atoms with E-state index in [0.29, 0.717) is 11.6 Å². The molecule has 0 atom stereocenters. The maximum absolute atomic E-state index is 12.6. The maximum Gasteiger partial charge on any atom is 0.253 e. The van der Waals surface area contributed by atoms with Crippen molar-refractivity contribution in [3.8, 4) is 11.1 Å². The molecule has 4 rings (SSSR count). The summed E-state index contributed by atoms with van der Waals surface area (Å²) in [5, 5.41) is 8.54. The van der Waals surface area contributed by atoms with E-state index < -0.39 is 0 Å². The summed E-state index contributed by atoms with van der Waals surface area (Å²) in [6.45, 7) is 0. The van der Waals surface area contributed by atoms with Crippen LogP contribution in [0, 0.1) is 0 Å². The SMILES string of the molecule is Cn1ncc2ccc(-c3cncc(C(=O)NC4CCCCC4)c3)cc21. The summed E-state index contributed by atoms with van der Waals surface area (Å²) < 4.78 is 1.85. The Morgan fingerprint density at radius 1 is 1.08 bits per heavy atom. The van der Waals surface area contributed by atoms with Crippen LogP contribution in [0.1, 0.15) is 42.5 Å². The predicted octanol–water partition coefficient (Wildman–Crippen LogP) is 3.70. The lowest BCUT2D eigenvalue weighted by Gasteiger charge is -2.22. The summed E-state index contributed by atoms with van der Waals surface area (Å²) in [5.41, 5.74) is 3.66. The molecule has 1 amide bonds. The number of amides is 1. The summed E-state index contributed by atoms with van der Waals surface area (Å²) in [5.74, 6) is -0.0251. The quantitative estimate of drug-likeness (QED) is 0.794. The predicted molar refractivity (Wildman–Crippen MR) is 98.3 cm³/mol. The minimum atomic E-state index is -0.0251. The number of nitrogens with zero attached hydrogens (tertiary/aromatic N) is 3. The van der Waals surface area contributed by atoms with Crippen LogP contribution in [0.4, 0.5) is 0 Å². The number of pyridine rings is 1. The number of carbonyl (C=O) groups is 1. The van der Waals surface area contributed by atoms with Crippen LogP contribution in [0.15, 0.2) is 42.9 Å². The van der Waals surface area contributed by atoms with Gasteiger partial charge in [-0.25, -0.2) is 0 Å². The van der Waals surface area contributed by atoms with E-state index in [2.05, 4.69) is 21.5 Å². The molecule has 3 aromatic rings. The highest BCUT2D eigenvalue weighted by atomic mass is 16.1. The molecular weight excluding hydrogens is 312 g/mol. The van der Waals surface area contributed by atoms with E-state index in [1.165, 1.54) is 19.3 Å². The number of rotatable bonds is 3. The molecule has 25 heavy (non-hydrogen) atoms. The summed E-state index contributed by atoms with van der Waals surface area (Å²) >= 11 is 0. The molecule has 1 aromatic carbocycles. The zero-order valence-corrected chi connectivity index (χ0v) is 14.4. The van der Waals surface area contributed by atoms with E-state index >= 15 is 0 Å². The first-order chi connectivity index (χ1) is 12.2. The van der Waals surface area contributed by atoms with Gasteiger partial charge in [-0.15, -0.1) is 0 Å². The van der Waals surface area contributed by atoms with E-state index in [4.69, 9.17) is 0 Å². The highest BCUT2D eigenvalue weighted by Crippen LogP contribution is 2.24. The second-order valence-electron chi connectivity index (χ2n) is 6.81. The molecule has 1 saturated carbocycles. The average Bonchev–Trinajstić information content (AvgIpc) is 3.03. The van der Waals surface area contributed by atoms with E-state index in [1.807, 2.05) is 36.1 Å². The van der Waals surface area contributed by atoms with Crippen molar-refractivity contribution in [2.45, 2.75) is 38.1 Å². The molecule has 0 bridgehead atoms. The van der Waals surface area contributed by atoms with Crippen molar-refractivity contribution in [3.05, 3.63) is 48.4 Å². The second kappa shape index (κ2) is 6.67. The Bertz CT molecular complexity index is 909. The first kappa shape index (κ1) is 15.8. The van der Waals surface area contributed by atoms with Gasteiger partial charge in [-0.1, -0.05) is 31.4 Å². The van der Waals surface area contributed by atoms with E-state index in [0.717, 1.165) is 34.9 Å². The van der Waals surface area contributed by atoms with Crippen molar-refractivity contribution in [2.75, 3.05) is 0 Å². The fourth-order valence-electron chi connectivity index (χ4n) is 3.56. The molecule has 1 aliphatic rings. The average molecular weight is 334 g/mol. The molecule has 5 nitrogen and oxygen atoms in total. The summed E-state index contributed by atoms with van der Waals surface area (Å²) in [7, 11) is 1.93. The van der Waals surface area contributed by atoms with Gasteiger partial charge in [0, 0.05) is 36.4 Å². The van der Waals surface area contributed by atoms with Gasteiger partial charge in [0.15, 0.2) is 0 Å². The molecule has 0 saturated heterocycles. The maximum atomic E-state index is 12.6. The molecule has 0 aliphatic heterocycles. The first-order valence-corrected chi connectivity index (χ1v) is 8.89. The normalized spacial score (nSPS) is 15.4. The summed E-state index contributed by atoms with van der Waals surface area (Å²) in [6.07, 6.45) is 11.1. The Morgan fingerprint density at radius 2 is 1.92 bits per heavy atom. The van der Waals surface area contributed by atoms with Crippen LogP contribution in [0.25, 0.3) is 22.0 Å². The molecule has 2 aromatic heterocycles. The van der Waals surface area contributed by atoms with Crippen LogP contribution < -0.4 is 5.32 Å². The number of nitrogens with one attached hydrogen (secondary N) is 1. The van der Waals surface area contributed by atoms with Gasteiger partial charge in [0.2, 0.25) is 0 Å². The van der Waals surface area contributed by atoms with E-state index in [-0.39, 0.29) is 5.91 Å². The monoisotopic (exact) mass is 334 g/mol. The van der Waals surface area contributed by atoms with Gasteiger partial charge in [-0.2, -0.15) is 5.10 Å². The Morgan fingerprint density at radius 3 is 2.76 bits per heavy atom. The molecule has 128 valence electrons. The molecule has 0 spiro atoms. The van der Waals surface area contributed by atoms with Gasteiger partial charge in [0.1, 0.15) is 0 Å². The second-order valence-corrected chi connectivity index (χ2v) is 6.81. The van der Waals surface area contributed by atoms with Gasteiger partial charge >= 0.3 is 0 Å². The molecule has 2 heterocycles. The van der Waals surface area contributed by atoms with Crippen LogP contribution in [0.5, 0.6) is 0 Å². The molecule has 0 radical (unpaired) electrons. The Kier molecular flexibility index (Phi) is 4.22. The Labute approximate surface area is 147 Å². The number of hydrogen-bond donors (Lipinski definition) is 1. The van der Waals surface area contributed by atoms with E-state index in [1.54, 1.807) is 12.4 Å².